The van der Waals surface area contributed by atoms with Gasteiger partial charge in [0.2, 0.25) is 5.91 Å². The lowest BCUT2D eigenvalue weighted by Gasteiger charge is -2.10. The van der Waals surface area contributed by atoms with Crippen molar-refractivity contribution in [2.24, 2.45) is 0 Å². The lowest BCUT2D eigenvalue weighted by Crippen LogP contribution is -2.14. The van der Waals surface area contributed by atoms with Gasteiger partial charge in [0.25, 0.3) is 5.56 Å². The zero-order chi connectivity index (χ0) is 20.3. The van der Waals surface area contributed by atoms with Crippen LogP contribution in [0.1, 0.15) is 5.56 Å². The first-order valence-electron chi connectivity index (χ1n) is 7.90. The van der Waals surface area contributed by atoms with Crippen molar-refractivity contribution in [2.45, 2.75) is 4.21 Å². The Labute approximate surface area is 167 Å². The Bertz CT molecular complexity index is 1150. The van der Waals surface area contributed by atoms with E-state index in [1.54, 1.807) is 18.2 Å². The number of hydrogen-bond acceptors (Lipinski definition) is 8. The van der Waals surface area contributed by atoms with Crippen LogP contribution in [0.25, 0.3) is 10.2 Å². The summed E-state index contributed by atoms with van der Waals surface area (Å²) in [7, 11) is 3.03. The van der Waals surface area contributed by atoms with Gasteiger partial charge in [0.05, 0.1) is 34.4 Å². The number of pyridine rings is 1. The fraction of sp³-hybridized carbons (Fsp3) is 0.167. The summed E-state index contributed by atoms with van der Waals surface area (Å²) in [6, 6.07) is 8.09. The number of amides is 1. The van der Waals surface area contributed by atoms with E-state index in [1.807, 2.05) is 6.07 Å². The first-order valence-corrected chi connectivity index (χ1v) is 9.70. The van der Waals surface area contributed by atoms with Crippen LogP contribution in [-0.4, -0.2) is 36.0 Å². The van der Waals surface area contributed by atoms with E-state index in [0.717, 1.165) is 29.2 Å². The number of aromatic amines is 1. The molecule has 3 N–H and O–H groups in total. The minimum absolute atomic E-state index is 0.0425. The van der Waals surface area contributed by atoms with Crippen LogP contribution in [0.4, 0.5) is 5.69 Å². The number of thioether (sulfide) groups is 1. The van der Waals surface area contributed by atoms with E-state index in [1.165, 1.54) is 14.2 Å². The molecule has 0 fully saturated rings. The zero-order valence-corrected chi connectivity index (χ0v) is 16.5. The number of aromatic hydroxyl groups is 1. The van der Waals surface area contributed by atoms with Gasteiger partial charge in [-0.1, -0.05) is 0 Å². The number of methoxy groups -OCH3 is 2. The summed E-state index contributed by atoms with van der Waals surface area (Å²) in [5, 5.41) is 22.1. The highest BCUT2D eigenvalue weighted by Crippen LogP contribution is 2.40. The average Bonchev–Trinajstić information content (AvgIpc) is 3.04. The molecule has 1 amide bonds. The van der Waals surface area contributed by atoms with Gasteiger partial charge in [-0.05, 0) is 12.1 Å². The van der Waals surface area contributed by atoms with Crippen LogP contribution in [0.5, 0.6) is 17.2 Å². The molecule has 2 heterocycles. The number of carbonyl (C=O) groups is 1. The van der Waals surface area contributed by atoms with E-state index >= 15 is 0 Å². The summed E-state index contributed by atoms with van der Waals surface area (Å²) in [5.41, 5.74) is 0.557. The fourth-order valence-corrected chi connectivity index (χ4v) is 4.65. The van der Waals surface area contributed by atoms with E-state index in [-0.39, 0.29) is 28.5 Å². The standard InChI is InChI=1S/C18H15N3O5S2/c1-25-12-4-3-9(5-13(12)26-2)20-15(24)8-27-18-10(7-19)16-17(28-18)11(22)6-14(23)21-16/h3-6H,8H2,1-2H3,(H,20,24)(H2,21,22,23). The maximum Gasteiger partial charge on any atom is 0.252 e. The maximum atomic E-state index is 12.3. The molecule has 0 aliphatic carbocycles. The smallest absolute Gasteiger partial charge is 0.252 e. The molecule has 0 spiro atoms. The Kier molecular flexibility index (Phi) is 5.77. The summed E-state index contributed by atoms with van der Waals surface area (Å²) in [6.45, 7) is 0. The van der Waals surface area contributed by atoms with Crippen molar-refractivity contribution in [3.8, 4) is 23.3 Å². The molecule has 0 aliphatic heterocycles. The van der Waals surface area contributed by atoms with Crippen molar-refractivity contribution < 1.29 is 19.4 Å². The topological polar surface area (TPSA) is 124 Å². The van der Waals surface area contributed by atoms with Gasteiger partial charge in [-0.25, -0.2) is 0 Å². The van der Waals surface area contributed by atoms with Gasteiger partial charge in [-0.2, -0.15) is 5.26 Å². The lowest BCUT2D eigenvalue weighted by molar-refractivity contribution is -0.113. The van der Waals surface area contributed by atoms with Crippen LogP contribution in [0.15, 0.2) is 33.3 Å². The molecule has 0 radical (unpaired) electrons. The number of nitrogens with zero attached hydrogens (tertiary/aromatic N) is 1. The van der Waals surface area contributed by atoms with Gasteiger partial charge in [0.15, 0.2) is 11.5 Å². The predicted octanol–water partition coefficient (Wildman–Crippen LogP) is 2.91. The number of ether oxygens (including phenoxy) is 2. The van der Waals surface area contributed by atoms with E-state index in [2.05, 4.69) is 10.3 Å². The molecule has 0 aliphatic rings. The third-order valence-corrected chi connectivity index (χ3v) is 6.22. The molecule has 8 nitrogen and oxygen atoms in total. The second-order valence-electron chi connectivity index (χ2n) is 5.51. The molecule has 3 rings (SSSR count). The molecule has 0 unspecified atom stereocenters. The quantitative estimate of drug-likeness (QED) is 0.527. The van der Waals surface area contributed by atoms with Crippen molar-refractivity contribution in [1.29, 1.82) is 5.26 Å². The van der Waals surface area contributed by atoms with Gasteiger partial charge < -0.3 is 24.9 Å². The molecular formula is C18H15N3O5S2. The second kappa shape index (κ2) is 8.24. The molecular weight excluding hydrogens is 402 g/mol. The number of anilines is 1. The molecule has 2 aromatic heterocycles. The molecule has 0 atom stereocenters. The summed E-state index contributed by atoms with van der Waals surface area (Å²) in [5.74, 6) is 0.607. The molecule has 144 valence electrons. The van der Waals surface area contributed by atoms with Crippen LogP contribution in [0.2, 0.25) is 0 Å². The molecule has 0 saturated carbocycles. The van der Waals surface area contributed by atoms with Crippen molar-refractivity contribution >= 4 is 44.9 Å². The van der Waals surface area contributed by atoms with Crippen LogP contribution < -0.4 is 20.3 Å². The van der Waals surface area contributed by atoms with Crippen LogP contribution in [-0.2, 0) is 4.79 Å². The van der Waals surface area contributed by atoms with Gasteiger partial charge in [0.1, 0.15) is 17.4 Å². The molecule has 0 bridgehead atoms. The van der Waals surface area contributed by atoms with E-state index < -0.39 is 5.56 Å². The molecule has 0 saturated heterocycles. The van der Waals surface area contributed by atoms with Crippen molar-refractivity contribution in [3.05, 3.63) is 40.2 Å². The Morgan fingerprint density at radius 3 is 2.75 bits per heavy atom. The normalized spacial score (nSPS) is 10.5. The number of rotatable bonds is 6. The van der Waals surface area contributed by atoms with Crippen molar-refractivity contribution in [1.82, 2.24) is 4.98 Å². The first kappa shape index (κ1) is 19.6. The zero-order valence-electron chi connectivity index (χ0n) is 14.9. The third kappa shape index (κ3) is 3.90. The van der Waals surface area contributed by atoms with Gasteiger partial charge >= 0.3 is 0 Å². The predicted molar refractivity (Wildman–Crippen MR) is 108 cm³/mol. The molecule has 1 aromatic carbocycles. The maximum absolute atomic E-state index is 12.3. The number of aromatic nitrogens is 1. The van der Waals surface area contributed by atoms with E-state index in [4.69, 9.17) is 9.47 Å². The monoisotopic (exact) mass is 417 g/mol. The number of carbonyl (C=O) groups excluding carboxylic acids is 1. The molecule has 10 heteroatoms. The number of thiophene rings is 1. The Morgan fingerprint density at radius 1 is 1.32 bits per heavy atom. The number of fused-ring (bicyclic) bond motifs is 1. The van der Waals surface area contributed by atoms with E-state index in [0.29, 0.717) is 26.1 Å². The number of H-pyrrole nitrogens is 1. The highest BCUT2D eigenvalue weighted by atomic mass is 32.2. The minimum Gasteiger partial charge on any atom is -0.506 e. The second-order valence-corrected chi connectivity index (χ2v) is 7.77. The van der Waals surface area contributed by atoms with Gasteiger partial charge in [-0.3, -0.25) is 9.59 Å². The summed E-state index contributed by atoms with van der Waals surface area (Å²) >= 11 is 2.30. The van der Waals surface area contributed by atoms with Crippen molar-refractivity contribution in [2.75, 3.05) is 25.3 Å². The summed E-state index contributed by atoms with van der Waals surface area (Å²) in [4.78, 5) is 26.4. The fourth-order valence-electron chi connectivity index (χ4n) is 2.50. The Morgan fingerprint density at radius 2 is 2.07 bits per heavy atom. The Hall–Kier alpha value is -3.16. The van der Waals surface area contributed by atoms with E-state index in [9.17, 15) is 20.0 Å². The van der Waals surface area contributed by atoms with Crippen LogP contribution >= 0.6 is 23.1 Å². The number of hydrogen-bond donors (Lipinski definition) is 3. The summed E-state index contributed by atoms with van der Waals surface area (Å²) in [6.07, 6.45) is 0. The average molecular weight is 417 g/mol. The SMILES string of the molecule is COc1ccc(NC(=O)CSc2sc3c(O)cc(=O)[nH]c3c2C#N)cc1OC. The number of nitrogens with one attached hydrogen (secondary N) is 2. The lowest BCUT2D eigenvalue weighted by atomic mass is 10.2. The largest absolute Gasteiger partial charge is 0.506 e. The van der Waals surface area contributed by atoms with Crippen LogP contribution in [0.3, 0.4) is 0 Å². The van der Waals surface area contributed by atoms with Gasteiger partial charge in [0, 0.05) is 17.8 Å². The van der Waals surface area contributed by atoms with Crippen molar-refractivity contribution in [3.63, 3.8) is 0 Å². The van der Waals surface area contributed by atoms with Crippen LogP contribution in [0, 0.1) is 11.3 Å². The first-order chi connectivity index (χ1) is 13.5. The number of benzene rings is 1. The molecule has 3 aromatic rings. The minimum atomic E-state index is -0.498. The van der Waals surface area contributed by atoms with Gasteiger partial charge in [-0.15, -0.1) is 23.1 Å². The third-order valence-electron chi connectivity index (χ3n) is 3.74. The Balaban J connectivity index is 1.76. The molecule has 28 heavy (non-hydrogen) atoms. The highest BCUT2D eigenvalue weighted by Gasteiger charge is 2.18. The summed E-state index contributed by atoms with van der Waals surface area (Å²) < 4.78 is 11.3. The highest BCUT2D eigenvalue weighted by molar-refractivity contribution is 8.02. The number of nitriles is 1.